The first-order valence-electron chi connectivity index (χ1n) is 7.55. The Hall–Kier alpha value is -2.21. The van der Waals surface area contributed by atoms with Gasteiger partial charge >= 0.3 is 0 Å². The first kappa shape index (κ1) is 13.5. The van der Waals surface area contributed by atoms with Crippen molar-refractivity contribution in [1.29, 1.82) is 0 Å². The molecule has 2 aromatic heterocycles. The Morgan fingerprint density at radius 2 is 2.05 bits per heavy atom. The van der Waals surface area contributed by atoms with Gasteiger partial charge < -0.3 is 9.47 Å². The molecule has 4 rings (SSSR count). The molecule has 1 fully saturated rings. The molecule has 1 aliphatic heterocycles. The number of aryl methyl sites for hydroxylation is 1. The van der Waals surface area contributed by atoms with Crippen molar-refractivity contribution in [2.45, 2.75) is 25.7 Å². The molecule has 22 heavy (non-hydrogen) atoms. The van der Waals surface area contributed by atoms with Crippen LogP contribution in [-0.2, 0) is 4.74 Å². The first-order chi connectivity index (χ1) is 10.8. The number of methoxy groups -OCH3 is 1. The fourth-order valence-electron chi connectivity index (χ4n) is 3.19. The highest BCUT2D eigenvalue weighted by molar-refractivity contribution is 5.84. The van der Waals surface area contributed by atoms with Crippen LogP contribution < -0.4 is 4.74 Å². The molecule has 0 spiro atoms. The number of nitrogens with zero attached hydrogens (tertiary/aromatic N) is 4. The van der Waals surface area contributed by atoms with E-state index in [1.54, 1.807) is 7.11 Å². The summed E-state index contributed by atoms with van der Waals surface area (Å²) in [6.45, 7) is 3.52. The molecule has 6 heteroatoms. The average molecular weight is 298 g/mol. The Balaban J connectivity index is 2.06. The van der Waals surface area contributed by atoms with E-state index in [9.17, 15) is 0 Å². The summed E-state index contributed by atoms with van der Waals surface area (Å²) in [6, 6.07) is 5.91. The van der Waals surface area contributed by atoms with Crippen LogP contribution in [0.5, 0.6) is 5.75 Å². The van der Waals surface area contributed by atoms with Crippen LogP contribution >= 0.6 is 0 Å². The molecule has 1 aromatic carbocycles. The van der Waals surface area contributed by atoms with Crippen molar-refractivity contribution in [3.63, 3.8) is 0 Å². The molecule has 0 saturated carbocycles. The summed E-state index contributed by atoms with van der Waals surface area (Å²) in [6.07, 6.45) is 1.94. The van der Waals surface area contributed by atoms with Gasteiger partial charge in [0.2, 0.25) is 0 Å². The molecule has 3 heterocycles. The van der Waals surface area contributed by atoms with Crippen LogP contribution in [0.2, 0.25) is 0 Å². The van der Waals surface area contributed by atoms with Gasteiger partial charge in [0.05, 0.1) is 18.3 Å². The lowest BCUT2D eigenvalue weighted by Crippen LogP contribution is -2.16. The van der Waals surface area contributed by atoms with Crippen molar-refractivity contribution in [2.24, 2.45) is 0 Å². The summed E-state index contributed by atoms with van der Waals surface area (Å²) in [4.78, 5) is 4.64. The van der Waals surface area contributed by atoms with Crippen LogP contribution in [0.3, 0.4) is 0 Å². The quantitative estimate of drug-likeness (QED) is 0.727. The minimum atomic E-state index is 0.360. The van der Waals surface area contributed by atoms with Crippen LogP contribution in [0, 0.1) is 6.92 Å². The van der Waals surface area contributed by atoms with Crippen molar-refractivity contribution < 1.29 is 9.47 Å². The second kappa shape index (κ2) is 5.21. The molecule has 1 saturated heterocycles. The van der Waals surface area contributed by atoms with E-state index in [0.29, 0.717) is 5.92 Å². The monoisotopic (exact) mass is 298 g/mol. The molecule has 114 valence electrons. The summed E-state index contributed by atoms with van der Waals surface area (Å²) >= 11 is 0. The normalized spacial score (nSPS) is 16.5. The smallest absolute Gasteiger partial charge is 0.182 e. The molecule has 3 aromatic rings. The number of benzene rings is 1. The fraction of sp³-hybridized carbons (Fsp3) is 0.438. The topological polar surface area (TPSA) is 61.5 Å². The van der Waals surface area contributed by atoms with E-state index in [-0.39, 0.29) is 0 Å². The Kier molecular flexibility index (Phi) is 3.18. The third-order valence-corrected chi connectivity index (χ3v) is 4.31. The molecule has 0 unspecified atom stereocenters. The second-order valence-corrected chi connectivity index (χ2v) is 5.63. The Bertz CT molecular complexity index is 837. The van der Waals surface area contributed by atoms with Crippen molar-refractivity contribution in [2.75, 3.05) is 20.3 Å². The van der Waals surface area contributed by atoms with Gasteiger partial charge in [-0.2, -0.15) is 0 Å². The van der Waals surface area contributed by atoms with E-state index < -0.39 is 0 Å². The number of rotatable bonds is 2. The Morgan fingerprint density at radius 3 is 2.82 bits per heavy atom. The fourth-order valence-corrected chi connectivity index (χ4v) is 3.19. The van der Waals surface area contributed by atoms with Gasteiger partial charge in [-0.15, -0.1) is 10.2 Å². The lowest BCUT2D eigenvalue weighted by molar-refractivity contribution is 0.0834. The number of ether oxygens (including phenoxy) is 2. The summed E-state index contributed by atoms with van der Waals surface area (Å²) in [7, 11) is 1.68. The zero-order chi connectivity index (χ0) is 15.1. The molecule has 0 aliphatic carbocycles. The van der Waals surface area contributed by atoms with Crippen molar-refractivity contribution in [1.82, 2.24) is 19.6 Å². The molecule has 0 atom stereocenters. The van der Waals surface area contributed by atoms with Crippen LogP contribution in [0.25, 0.3) is 16.7 Å². The Morgan fingerprint density at radius 1 is 1.23 bits per heavy atom. The van der Waals surface area contributed by atoms with Crippen LogP contribution in [0.15, 0.2) is 18.2 Å². The largest absolute Gasteiger partial charge is 0.494 e. The third-order valence-electron chi connectivity index (χ3n) is 4.31. The lowest BCUT2D eigenvalue weighted by Gasteiger charge is -2.21. The predicted molar refractivity (Wildman–Crippen MR) is 82.4 cm³/mol. The summed E-state index contributed by atoms with van der Waals surface area (Å²) in [5.74, 6) is 2.14. The van der Waals surface area contributed by atoms with E-state index in [2.05, 4.69) is 19.6 Å². The van der Waals surface area contributed by atoms with Crippen LogP contribution in [0.4, 0.5) is 0 Å². The van der Waals surface area contributed by atoms with Gasteiger partial charge in [0.25, 0.3) is 0 Å². The molecule has 6 nitrogen and oxygen atoms in total. The maximum atomic E-state index is 5.55. The second-order valence-electron chi connectivity index (χ2n) is 5.63. The highest BCUT2D eigenvalue weighted by Gasteiger charge is 2.24. The molecular formula is C16H18N4O2. The zero-order valence-electron chi connectivity index (χ0n) is 12.7. The Labute approximate surface area is 128 Å². The first-order valence-corrected chi connectivity index (χ1v) is 7.55. The predicted octanol–water partition coefficient (Wildman–Crippen LogP) is 2.49. The number of fused-ring (bicyclic) bond motifs is 3. The van der Waals surface area contributed by atoms with Crippen LogP contribution in [-0.4, -0.2) is 39.9 Å². The van der Waals surface area contributed by atoms with Gasteiger partial charge in [-0.05, 0) is 31.9 Å². The maximum Gasteiger partial charge on any atom is 0.182 e. The molecule has 0 N–H and O–H groups in total. The molecule has 0 amide bonds. The zero-order valence-corrected chi connectivity index (χ0v) is 12.7. The van der Waals surface area contributed by atoms with Crippen LogP contribution in [0.1, 0.15) is 30.3 Å². The summed E-state index contributed by atoms with van der Waals surface area (Å²) < 4.78 is 13.1. The summed E-state index contributed by atoms with van der Waals surface area (Å²) in [5.41, 5.74) is 3.53. The number of hydrogen-bond acceptors (Lipinski definition) is 5. The highest BCUT2D eigenvalue weighted by atomic mass is 16.5. The number of hydrogen-bond donors (Lipinski definition) is 0. The van der Waals surface area contributed by atoms with E-state index in [0.717, 1.165) is 60.0 Å². The average Bonchev–Trinajstić information content (AvgIpc) is 3.00. The van der Waals surface area contributed by atoms with Gasteiger partial charge in [-0.25, -0.2) is 4.98 Å². The van der Waals surface area contributed by atoms with Crippen molar-refractivity contribution in [3.8, 4) is 5.75 Å². The molecule has 0 radical (unpaired) electrons. The standard InChI is InChI=1S/C16H18N4O2/c1-10-15-18-19-16(11-6-8-22-9-7-11)20(15)14-12(17-10)4-3-5-13(14)21-2/h3-5,11H,6-9H2,1-2H3. The minimum Gasteiger partial charge on any atom is -0.494 e. The van der Waals surface area contributed by atoms with Gasteiger partial charge in [-0.1, -0.05) is 6.07 Å². The number of aromatic nitrogens is 4. The van der Waals surface area contributed by atoms with E-state index >= 15 is 0 Å². The lowest BCUT2D eigenvalue weighted by atomic mass is 9.99. The molecular weight excluding hydrogens is 280 g/mol. The van der Waals surface area contributed by atoms with E-state index in [4.69, 9.17) is 9.47 Å². The van der Waals surface area contributed by atoms with Crippen molar-refractivity contribution in [3.05, 3.63) is 29.7 Å². The minimum absolute atomic E-state index is 0.360. The number of para-hydroxylation sites is 1. The van der Waals surface area contributed by atoms with Gasteiger partial charge in [0.15, 0.2) is 5.65 Å². The highest BCUT2D eigenvalue weighted by Crippen LogP contribution is 2.31. The van der Waals surface area contributed by atoms with Gasteiger partial charge in [0, 0.05) is 19.1 Å². The van der Waals surface area contributed by atoms with E-state index in [1.165, 1.54) is 0 Å². The summed E-state index contributed by atoms with van der Waals surface area (Å²) in [5, 5.41) is 8.84. The van der Waals surface area contributed by atoms with Gasteiger partial charge in [-0.3, -0.25) is 4.40 Å². The van der Waals surface area contributed by atoms with Crippen molar-refractivity contribution >= 4 is 16.7 Å². The van der Waals surface area contributed by atoms with Gasteiger partial charge in [0.1, 0.15) is 17.1 Å². The maximum absolute atomic E-state index is 5.55. The molecule has 0 bridgehead atoms. The molecule has 1 aliphatic rings. The third kappa shape index (κ3) is 1.94. The SMILES string of the molecule is COc1cccc2nc(C)c3nnc(C4CCOCC4)n3c12. The van der Waals surface area contributed by atoms with E-state index in [1.807, 2.05) is 25.1 Å².